The molecule has 0 aliphatic carbocycles. The fourth-order valence-electron chi connectivity index (χ4n) is 2.50. The maximum absolute atomic E-state index is 12.1. The summed E-state index contributed by atoms with van der Waals surface area (Å²) in [7, 11) is 0. The SMILES string of the molecule is CC1(C(=O)O)CCN(C(=O)CCCOc2ccc(Cl)cc2Cl)C1. The van der Waals surface area contributed by atoms with Gasteiger partial charge in [-0.1, -0.05) is 23.2 Å². The van der Waals surface area contributed by atoms with E-state index < -0.39 is 11.4 Å². The summed E-state index contributed by atoms with van der Waals surface area (Å²) >= 11 is 11.8. The molecule has 0 radical (unpaired) electrons. The zero-order chi connectivity index (χ0) is 17.0. The van der Waals surface area contributed by atoms with Gasteiger partial charge in [-0.15, -0.1) is 0 Å². The van der Waals surface area contributed by atoms with Crippen LogP contribution < -0.4 is 4.74 Å². The molecule has 1 fully saturated rings. The molecule has 1 N–H and O–H groups in total. The average molecular weight is 360 g/mol. The van der Waals surface area contributed by atoms with Crippen LogP contribution >= 0.6 is 23.2 Å². The number of carboxylic acids is 1. The molecule has 0 saturated carbocycles. The minimum absolute atomic E-state index is 0.0409. The summed E-state index contributed by atoms with van der Waals surface area (Å²) in [5.74, 6) is -0.363. The number of amides is 1. The first-order valence-corrected chi connectivity index (χ1v) is 8.16. The Kier molecular flexibility index (Phi) is 5.76. The maximum Gasteiger partial charge on any atom is 0.311 e. The number of carbonyl (C=O) groups excluding carboxylic acids is 1. The van der Waals surface area contributed by atoms with Gasteiger partial charge in [0.1, 0.15) is 5.75 Å². The van der Waals surface area contributed by atoms with Crippen LogP contribution in [0.1, 0.15) is 26.2 Å². The van der Waals surface area contributed by atoms with Gasteiger partial charge < -0.3 is 14.7 Å². The molecule has 1 aromatic rings. The third-order valence-electron chi connectivity index (χ3n) is 4.03. The fraction of sp³-hybridized carbons (Fsp3) is 0.500. The van der Waals surface area contributed by atoms with Gasteiger partial charge >= 0.3 is 5.97 Å². The number of aliphatic carboxylic acids is 1. The van der Waals surface area contributed by atoms with Crippen molar-refractivity contribution in [3.8, 4) is 5.75 Å². The van der Waals surface area contributed by atoms with Crippen molar-refractivity contribution in [1.29, 1.82) is 0 Å². The van der Waals surface area contributed by atoms with Crippen molar-refractivity contribution in [2.24, 2.45) is 5.41 Å². The van der Waals surface area contributed by atoms with E-state index in [4.69, 9.17) is 27.9 Å². The van der Waals surface area contributed by atoms with E-state index >= 15 is 0 Å². The lowest BCUT2D eigenvalue weighted by atomic mass is 9.90. The van der Waals surface area contributed by atoms with Gasteiger partial charge in [-0.2, -0.15) is 0 Å². The molecule has 2 rings (SSSR count). The molecule has 1 unspecified atom stereocenters. The molecule has 1 heterocycles. The minimum Gasteiger partial charge on any atom is -0.492 e. The van der Waals surface area contributed by atoms with E-state index in [-0.39, 0.29) is 12.5 Å². The molecule has 1 aromatic carbocycles. The Labute approximate surface area is 145 Å². The van der Waals surface area contributed by atoms with Crippen LogP contribution in [0, 0.1) is 5.41 Å². The van der Waals surface area contributed by atoms with Crippen molar-refractivity contribution in [1.82, 2.24) is 4.90 Å². The second-order valence-corrected chi connectivity index (χ2v) is 6.80. The number of carbonyl (C=O) groups is 2. The summed E-state index contributed by atoms with van der Waals surface area (Å²) < 4.78 is 5.53. The Morgan fingerprint density at radius 2 is 2.13 bits per heavy atom. The van der Waals surface area contributed by atoms with Crippen molar-refractivity contribution in [2.45, 2.75) is 26.2 Å². The van der Waals surface area contributed by atoms with Crippen molar-refractivity contribution in [2.75, 3.05) is 19.7 Å². The number of hydrogen-bond acceptors (Lipinski definition) is 3. The Morgan fingerprint density at radius 1 is 1.39 bits per heavy atom. The average Bonchev–Trinajstić information content (AvgIpc) is 2.89. The standard InChI is InChI=1S/C16H19Cl2NO4/c1-16(15(21)22)6-7-19(10-16)14(20)3-2-8-23-13-5-4-11(17)9-12(13)18/h4-5,9H,2-3,6-8,10H2,1H3,(H,21,22). The highest BCUT2D eigenvalue weighted by atomic mass is 35.5. The molecular weight excluding hydrogens is 341 g/mol. The Hall–Kier alpha value is -1.46. The van der Waals surface area contributed by atoms with Crippen LogP contribution in [0.25, 0.3) is 0 Å². The molecule has 0 aromatic heterocycles. The van der Waals surface area contributed by atoms with E-state index in [1.807, 2.05) is 0 Å². The number of rotatable bonds is 6. The fourth-order valence-corrected chi connectivity index (χ4v) is 2.97. The molecule has 5 nitrogen and oxygen atoms in total. The largest absolute Gasteiger partial charge is 0.492 e. The molecule has 7 heteroatoms. The summed E-state index contributed by atoms with van der Waals surface area (Å²) in [5, 5.41) is 10.1. The van der Waals surface area contributed by atoms with Gasteiger partial charge in [0.05, 0.1) is 17.0 Å². The van der Waals surface area contributed by atoms with Gasteiger partial charge in [-0.05, 0) is 38.0 Å². The monoisotopic (exact) mass is 359 g/mol. The summed E-state index contributed by atoms with van der Waals surface area (Å²) in [6.07, 6.45) is 1.35. The van der Waals surface area contributed by atoms with E-state index in [0.29, 0.717) is 48.2 Å². The van der Waals surface area contributed by atoms with Crippen molar-refractivity contribution < 1.29 is 19.4 Å². The van der Waals surface area contributed by atoms with Crippen molar-refractivity contribution >= 4 is 35.1 Å². The number of halogens is 2. The van der Waals surface area contributed by atoms with E-state index in [1.165, 1.54) is 0 Å². The van der Waals surface area contributed by atoms with Gasteiger partial charge in [0.25, 0.3) is 0 Å². The Bertz CT molecular complexity index is 608. The third kappa shape index (κ3) is 4.52. The van der Waals surface area contributed by atoms with Crippen LogP contribution in [-0.2, 0) is 9.59 Å². The van der Waals surface area contributed by atoms with Crippen LogP contribution in [-0.4, -0.2) is 41.6 Å². The Morgan fingerprint density at radius 3 is 2.74 bits per heavy atom. The topological polar surface area (TPSA) is 66.8 Å². The Balaban J connectivity index is 1.74. The van der Waals surface area contributed by atoms with Crippen LogP contribution in [0.15, 0.2) is 18.2 Å². The van der Waals surface area contributed by atoms with E-state index in [2.05, 4.69) is 0 Å². The third-order valence-corrected chi connectivity index (χ3v) is 4.56. The first kappa shape index (κ1) is 17.9. The molecule has 126 valence electrons. The molecule has 1 atom stereocenters. The highest BCUT2D eigenvalue weighted by Crippen LogP contribution is 2.31. The molecule has 1 aliphatic heterocycles. The van der Waals surface area contributed by atoms with Crippen molar-refractivity contribution in [3.63, 3.8) is 0 Å². The van der Waals surface area contributed by atoms with Crippen LogP contribution in [0.2, 0.25) is 10.0 Å². The lowest BCUT2D eigenvalue weighted by Gasteiger charge is -2.20. The van der Waals surface area contributed by atoms with Gasteiger partial charge in [0.15, 0.2) is 0 Å². The zero-order valence-corrected chi connectivity index (χ0v) is 14.4. The summed E-state index contributed by atoms with van der Waals surface area (Å²) in [4.78, 5) is 24.9. The number of carboxylic acid groups (broad SMARTS) is 1. The molecule has 1 aliphatic rings. The van der Waals surface area contributed by atoms with Gasteiger partial charge in [-0.25, -0.2) is 0 Å². The number of likely N-dealkylation sites (tertiary alicyclic amines) is 1. The summed E-state index contributed by atoms with van der Waals surface area (Å²) in [6.45, 7) is 2.79. The van der Waals surface area contributed by atoms with E-state index in [0.717, 1.165) is 0 Å². The number of nitrogens with zero attached hydrogens (tertiary/aromatic N) is 1. The second-order valence-electron chi connectivity index (χ2n) is 5.96. The lowest BCUT2D eigenvalue weighted by molar-refractivity contribution is -0.147. The normalized spacial score (nSPS) is 20.6. The molecule has 0 bridgehead atoms. The molecular formula is C16H19Cl2NO4. The summed E-state index contributed by atoms with van der Waals surface area (Å²) in [5.41, 5.74) is -0.830. The lowest BCUT2D eigenvalue weighted by Crippen LogP contribution is -2.34. The molecule has 1 amide bonds. The quantitative estimate of drug-likeness (QED) is 0.789. The van der Waals surface area contributed by atoms with Gasteiger partial charge in [0.2, 0.25) is 5.91 Å². The highest BCUT2D eigenvalue weighted by Gasteiger charge is 2.41. The molecule has 0 spiro atoms. The number of benzene rings is 1. The first-order valence-electron chi connectivity index (χ1n) is 7.41. The van der Waals surface area contributed by atoms with Gasteiger partial charge in [-0.3, -0.25) is 9.59 Å². The van der Waals surface area contributed by atoms with E-state index in [9.17, 15) is 14.7 Å². The molecule has 23 heavy (non-hydrogen) atoms. The number of hydrogen-bond donors (Lipinski definition) is 1. The van der Waals surface area contributed by atoms with Crippen molar-refractivity contribution in [3.05, 3.63) is 28.2 Å². The van der Waals surface area contributed by atoms with E-state index in [1.54, 1.807) is 30.0 Å². The maximum atomic E-state index is 12.1. The smallest absolute Gasteiger partial charge is 0.311 e. The second kappa shape index (κ2) is 7.41. The predicted molar refractivity (Wildman–Crippen MR) is 88.1 cm³/mol. The highest BCUT2D eigenvalue weighted by molar-refractivity contribution is 6.35. The molecule has 1 saturated heterocycles. The van der Waals surface area contributed by atoms with Crippen LogP contribution in [0.3, 0.4) is 0 Å². The van der Waals surface area contributed by atoms with Gasteiger partial charge in [0, 0.05) is 24.5 Å². The number of ether oxygens (including phenoxy) is 1. The minimum atomic E-state index is -0.853. The first-order chi connectivity index (χ1) is 10.8. The predicted octanol–water partition coefficient (Wildman–Crippen LogP) is 3.48. The van der Waals surface area contributed by atoms with Crippen LogP contribution in [0.5, 0.6) is 5.75 Å². The summed E-state index contributed by atoms with van der Waals surface area (Å²) in [6, 6.07) is 4.97. The zero-order valence-electron chi connectivity index (χ0n) is 12.8. The van der Waals surface area contributed by atoms with Crippen LogP contribution in [0.4, 0.5) is 0 Å².